The molecule has 3 amide bonds. The molecule has 0 fully saturated rings. The summed E-state index contributed by atoms with van der Waals surface area (Å²) in [5.74, 6) is -0.466. The van der Waals surface area contributed by atoms with Crippen molar-refractivity contribution in [3.63, 3.8) is 0 Å². The molecule has 1 unspecified atom stereocenters. The summed E-state index contributed by atoms with van der Waals surface area (Å²) < 4.78 is 13.5. The van der Waals surface area contributed by atoms with Crippen molar-refractivity contribution in [1.82, 2.24) is 16.0 Å². The van der Waals surface area contributed by atoms with Crippen LogP contribution in [0, 0.1) is 5.82 Å². The molecule has 148 valence electrons. The van der Waals surface area contributed by atoms with Crippen molar-refractivity contribution >= 4 is 11.9 Å². The van der Waals surface area contributed by atoms with Gasteiger partial charge in [0.05, 0.1) is 5.56 Å². The van der Waals surface area contributed by atoms with Gasteiger partial charge in [0, 0.05) is 19.6 Å². The minimum Gasteiger partial charge on any atom is -0.352 e. The van der Waals surface area contributed by atoms with Crippen LogP contribution in [0.5, 0.6) is 0 Å². The fourth-order valence-corrected chi connectivity index (χ4v) is 3.60. The number of carbonyl (C=O) groups is 2. The lowest BCUT2D eigenvalue weighted by Crippen LogP contribution is -2.38. The molecule has 0 saturated carbocycles. The van der Waals surface area contributed by atoms with Crippen LogP contribution in [0.15, 0.2) is 48.5 Å². The Hall–Kier alpha value is -2.89. The van der Waals surface area contributed by atoms with Gasteiger partial charge in [-0.25, -0.2) is 9.18 Å². The van der Waals surface area contributed by atoms with Gasteiger partial charge < -0.3 is 16.0 Å². The molecule has 1 aliphatic carbocycles. The topological polar surface area (TPSA) is 70.2 Å². The van der Waals surface area contributed by atoms with Crippen LogP contribution in [0.1, 0.15) is 46.7 Å². The number of benzene rings is 2. The van der Waals surface area contributed by atoms with Crippen molar-refractivity contribution in [1.29, 1.82) is 0 Å². The number of nitrogens with one attached hydrogen (secondary N) is 3. The zero-order valence-corrected chi connectivity index (χ0v) is 15.8. The number of urea groups is 1. The first-order valence-corrected chi connectivity index (χ1v) is 9.77. The Kier molecular flexibility index (Phi) is 7.00. The van der Waals surface area contributed by atoms with Gasteiger partial charge in [-0.15, -0.1) is 0 Å². The van der Waals surface area contributed by atoms with Gasteiger partial charge in [0.25, 0.3) is 5.91 Å². The molecule has 0 radical (unpaired) electrons. The molecule has 3 rings (SSSR count). The van der Waals surface area contributed by atoms with Crippen molar-refractivity contribution < 1.29 is 14.0 Å². The molecule has 0 aromatic heterocycles. The molecule has 28 heavy (non-hydrogen) atoms. The summed E-state index contributed by atoms with van der Waals surface area (Å²) in [6.45, 7) is 1.44. The molecule has 0 aliphatic heterocycles. The number of fused-ring (bicyclic) bond motifs is 1. The second-order valence-electron chi connectivity index (χ2n) is 7.00. The summed E-state index contributed by atoms with van der Waals surface area (Å²) in [6, 6.07) is 14.2. The monoisotopic (exact) mass is 383 g/mol. The largest absolute Gasteiger partial charge is 0.352 e. The predicted octanol–water partition coefficient (Wildman–Crippen LogP) is 3.36. The highest BCUT2D eigenvalue weighted by Crippen LogP contribution is 2.34. The number of aryl methyl sites for hydroxylation is 1. The molecule has 0 spiro atoms. The van der Waals surface area contributed by atoms with E-state index in [-0.39, 0.29) is 11.6 Å². The number of amides is 3. The summed E-state index contributed by atoms with van der Waals surface area (Å²) in [4.78, 5) is 23.7. The Morgan fingerprint density at radius 2 is 1.64 bits per heavy atom. The van der Waals surface area contributed by atoms with Crippen LogP contribution < -0.4 is 16.0 Å². The Labute approximate surface area is 164 Å². The molecule has 1 atom stereocenters. The van der Waals surface area contributed by atoms with Crippen LogP contribution in [0.4, 0.5) is 9.18 Å². The average molecular weight is 383 g/mol. The third-order valence-electron chi connectivity index (χ3n) is 5.08. The lowest BCUT2D eigenvalue weighted by molar-refractivity contribution is 0.0949. The van der Waals surface area contributed by atoms with E-state index < -0.39 is 11.7 Å². The van der Waals surface area contributed by atoms with Gasteiger partial charge in [-0.1, -0.05) is 36.4 Å². The molecular formula is C22H26FN3O2. The molecule has 6 heteroatoms. The highest BCUT2D eigenvalue weighted by atomic mass is 19.1. The fraction of sp³-hybridized carbons (Fsp3) is 0.364. The first kappa shape index (κ1) is 19.9. The van der Waals surface area contributed by atoms with Gasteiger partial charge in [-0.05, 0) is 54.9 Å². The second kappa shape index (κ2) is 9.88. The maximum Gasteiger partial charge on any atom is 0.314 e. The Balaban J connectivity index is 1.26. The third-order valence-corrected chi connectivity index (χ3v) is 5.08. The Morgan fingerprint density at radius 3 is 2.50 bits per heavy atom. The van der Waals surface area contributed by atoms with Gasteiger partial charge in [-0.3, -0.25) is 4.79 Å². The number of hydrogen-bond acceptors (Lipinski definition) is 2. The van der Waals surface area contributed by atoms with Crippen LogP contribution in [0.2, 0.25) is 0 Å². The lowest BCUT2D eigenvalue weighted by Gasteiger charge is -2.13. The maximum absolute atomic E-state index is 13.5. The standard InChI is InChI=1S/C22H26FN3O2/c23-20-9-4-3-8-19(20)21(27)24-13-5-14-25-22(28)26-15-12-17-11-10-16-6-1-2-7-18(16)17/h1-4,6-9,17H,5,10-15H2,(H,24,27)(H2,25,26,28). The molecule has 1 aliphatic rings. The van der Waals surface area contributed by atoms with E-state index in [1.54, 1.807) is 12.1 Å². The maximum atomic E-state index is 13.5. The van der Waals surface area contributed by atoms with E-state index in [1.165, 1.54) is 23.3 Å². The zero-order chi connectivity index (χ0) is 19.8. The van der Waals surface area contributed by atoms with Crippen LogP contribution in [0.25, 0.3) is 0 Å². The van der Waals surface area contributed by atoms with Crippen molar-refractivity contribution in [2.45, 2.75) is 31.6 Å². The van der Waals surface area contributed by atoms with E-state index in [2.05, 4.69) is 40.2 Å². The smallest absolute Gasteiger partial charge is 0.314 e. The van der Waals surface area contributed by atoms with Crippen molar-refractivity contribution in [2.75, 3.05) is 19.6 Å². The molecular weight excluding hydrogens is 357 g/mol. The third kappa shape index (κ3) is 5.31. The van der Waals surface area contributed by atoms with Gasteiger partial charge in [0.2, 0.25) is 0 Å². The molecule has 0 saturated heterocycles. The Bertz CT molecular complexity index is 825. The fourth-order valence-electron chi connectivity index (χ4n) is 3.60. The van der Waals surface area contributed by atoms with E-state index in [0.717, 1.165) is 19.3 Å². The molecule has 0 bridgehead atoms. The van der Waals surface area contributed by atoms with Gasteiger partial charge in [-0.2, -0.15) is 0 Å². The van der Waals surface area contributed by atoms with E-state index in [4.69, 9.17) is 0 Å². The number of carbonyl (C=O) groups excluding carboxylic acids is 2. The van der Waals surface area contributed by atoms with Crippen LogP contribution in [0.3, 0.4) is 0 Å². The van der Waals surface area contributed by atoms with Crippen LogP contribution in [-0.4, -0.2) is 31.6 Å². The quantitative estimate of drug-likeness (QED) is 0.612. The normalized spacial score (nSPS) is 15.0. The predicted molar refractivity (Wildman–Crippen MR) is 107 cm³/mol. The number of rotatable bonds is 8. The summed E-state index contributed by atoms with van der Waals surface area (Å²) in [7, 11) is 0. The second-order valence-corrected chi connectivity index (χ2v) is 7.00. The first-order valence-electron chi connectivity index (χ1n) is 9.77. The highest BCUT2D eigenvalue weighted by molar-refractivity contribution is 5.94. The first-order chi connectivity index (χ1) is 13.6. The molecule has 2 aromatic carbocycles. The van der Waals surface area contributed by atoms with Gasteiger partial charge >= 0.3 is 6.03 Å². The average Bonchev–Trinajstić information content (AvgIpc) is 3.11. The summed E-state index contributed by atoms with van der Waals surface area (Å²) >= 11 is 0. The molecule has 5 nitrogen and oxygen atoms in total. The van der Waals surface area contributed by atoms with Gasteiger partial charge in [0.1, 0.15) is 5.82 Å². The number of hydrogen-bond donors (Lipinski definition) is 3. The van der Waals surface area contributed by atoms with Crippen molar-refractivity contribution in [3.8, 4) is 0 Å². The van der Waals surface area contributed by atoms with E-state index in [0.29, 0.717) is 32.0 Å². The minimum atomic E-state index is -0.539. The molecule has 0 heterocycles. The highest BCUT2D eigenvalue weighted by Gasteiger charge is 2.21. The zero-order valence-electron chi connectivity index (χ0n) is 15.8. The van der Waals surface area contributed by atoms with E-state index >= 15 is 0 Å². The lowest BCUT2D eigenvalue weighted by atomic mass is 9.98. The summed E-state index contributed by atoms with van der Waals surface area (Å²) in [5, 5.41) is 8.32. The minimum absolute atomic E-state index is 0.0293. The van der Waals surface area contributed by atoms with E-state index in [9.17, 15) is 14.0 Å². The van der Waals surface area contributed by atoms with Gasteiger partial charge in [0.15, 0.2) is 0 Å². The van der Waals surface area contributed by atoms with Crippen molar-refractivity contribution in [3.05, 3.63) is 71.0 Å². The Morgan fingerprint density at radius 1 is 0.929 bits per heavy atom. The van der Waals surface area contributed by atoms with Crippen molar-refractivity contribution in [2.24, 2.45) is 0 Å². The van der Waals surface area contributed by atoms with Crippen LogP contribution >= 0.6 is 0 Å². The SMILES string of the molecule is O=C(NCCCNC(=O)c1ccccc1F)NCCC1CCc2ccccc21. The van der Waals surface area contributed by atoms with Crippen LogP contribution in [-0.2, 0) is 6.42 Å². The number of halogens is 1. The molecule has 3 N–H and O–H groups in total. The van der Waals surface area contributed by atoms with E-state index in [1.807, 2.05) is 0 Å². The summed E-state index contributed by atoms with van der Waals surface area (Å²) in [6.07, 6.45) is 3.77. The molecule has 2 aromatic rings. The summed E-state index contributed by atoms with van der Waals surface area (Å²) in [5.41, 5.74) is 2.87.